The number of amides is 1. The Morgan fingerprint density at radius 3 is 2.87 bits per heavy atom. The Bertz CT molecular complexity index is 725. The molecule has 1 aliphatic heterocycles. The standard InChI is InChI=1S/C16H24N6O/c1-11-6-12(2)22-16(19-11)13(7-18-22)9-21-5-4-20(3)8-14(10-21)15(17)23/h6-7,14H,4-5,8-10H2,1-3H3,(H2,17,23). The average Bonchev–Trinajstić information content (AvgIpc) is 2.76. The third-order valence-electron chi connectivity index (χ3n) is 4.46. The smallest absolute Gasteiger partial charge is 0.223 e. The quantitative estimate of drug-likeness (QED) is 0.875. The summed E-state index contributed by atoms with van der Waals surface area (Å²) in [5.41, 5.74) is 9.59. The molecular weight excluding hydrogens is 292 g/mol. The van der Waals surface area contributed by atoms with Crippen molar-refractivity contribution in [2.24, 2.45) is 11.7 Å². The molecule has 0 bridgehead atoms. The predicted octanol–water partition coefficient (Wildman–Crippen LogP) is 0.195. The van der Waals surface area contributed by atoms with Gasteiger partial charge in [-0.25, -0.2) is 9.50 Å². The Morgan fingerprint density at radius 2 is 2.13 bits per heavy atom. The van der Waals surface area contributed by atoms with Gasteiger partial charge in [-0.3, -0.25) is 9.69 Å². The minimum absolute atomic E-state index is 0.138. The molecule has 3 heterocycles. The Hall–Kier alpha value is -1.99. The van der Waals surface area contributed by atoms with Crippen LogP contribution in [-0.4, -0.2) is 63.5 Å². The molecule has 1 atom stereocenters. The van der Waals surface area contributed by atoms with Gasteiger partial charge in [0.1, 0.15) is 0 Å². The molecule has 0 spiro atoms. The van der Waals surface area contributed by atoms with Gasteiger partial charge in [0.05, 0.1) is 12.1 Å². The van der Waals surface area contributed by atoms with Crippen molar-refractivity contribution in [2.45, 2.75) is 20.4 Å². The lowest BCUT2D eigenvalue weighted by Gasteiger charge is -2.21. The first-order valence-corrected chi connectivity index (χ1v) is 7.95. The van der Waals surface area contributed by atoms with E-state index in [1.165, 1.54) is 0 Å². The van der Waals surface area contributed by atoms with Gasteiger partial charge in [0.15, 0.2) is 5.65 Å². The lowest BCUT2D eigenvalue weighted by atomic mass is 10.1. The van der Waals surface area contributed by atoms with Gasteiger partial charge in [-0.05, 0) is 27.0 Å². The lowest BCUT2D eigenvalue weighted by molar-refractivity contribution is -0.122. The van der Waals surface area contributed by atoms with Gasteiger partial charge in [-0.2, -0.15) is 5.10 Å². The highest BCUT2D eigenvalue weighted by Crippen LogP contribution is 2.16. The van der Waals surface area contributed by atoms with Crippen molar-refractivity contribution in [2.75, 3.05) is 33.2 Å². The molecule has 1 amide bonds. The van der Waals surface area contributed by atoms with Gasteiger partial charge in [-0.1, -0.05) is 0 Å². The van der Waals surface area contributed by atoms with E-state index in [4.69, 9.17) is 5.73 Å². The Morgan fingerprint density at radius 1 is 1.35 bits per heavy atom. The zero-order chi connectivity index (χ0) is 16.6. The molecule has 1 fully saturated rings. The molecule has 3 rings (SSSR count). The number of rotatable bonds is 3. The number of nitrogens with zero attached hydrogens (tertiary/aromatic N) is 5. The Kier molecular flexibility index (Phi) is 4.32. The molecule has 0 aliphatic carbocycles. The van der Waals surface area contributed by atoms with E-state index in [1.54, 1.807) is 0 Å². The van der Waals surface area contributed by atoms with Crippen molar-refractivity contribution in [3.8, 4) is 0 Å². The summed E-state index contributed by atoms with van der Waals surface area (Å²) in [7, 11) is 2.03. The van der Waals surface area contributed by atoms with Gasteiger partial charge < -0.3 is 10.6 Å². The summed E-state index contributed by atoms with van der Waals surface area (Å²) < 4.78 is 1.87. The largest absolute Gasteiger partial charge is 0.369 e. The van der Waals surface area contributed by atoms with Crippen LogP contribution in [0.5, 0.6) is 0 Å². The summed E-state index contributed by atoms with van der Waals surface area (Å²) in [6, 6.07) is 2.02. The second-order valence-electron chi connectivity index (χ2n) is 6.54. The monoisotopic (exact) mass is 316 g/mol. The van der Waals surface area contributed by atoms with Crippen LogP contribution in [0, 0.1) is 19.8 Å². The fraction of sp³-hybridized carbons (Fsp3) is 0.562. The number of hydrogen-bond acceptors (Lipinski definition) is 5. The number of aryl methyl sites for hydroxylation is 2. The highest BCUT2D eigenvalue weighted by molar-refractivity contribution is 5.77. The van der Waals surface area contributed by atoms with Crippen molar-refractivity contribution in [1.29, 1.82) is 0 Å². The van der Waals surface area contributed by atoms with E-state index in [0.717, 1.165) is 48.8 Å². The molecule has 0 saturated carbocycles. The molecule has 23 heavy (non-hydrogen) atoms. The van der Waals surface area contributed by atoms with Crippen molar-refractivity contribution in [3.05, 3.63) is 29.2 Å². The molecule has 1 aliphatic rings. The summed E-state index contributed by atoms with van der Waals surface area (Å²) in [4.78, 5) is 20.7. The maximum atomic E-state index is 11.6. The molecule has 2 N–H and O–H groups in total. The minimum Gasteiger partial charge on any atom is -0.369 e. The highest BCUT2D eigenvalue weighted by atomic mass is 16.1. The zero-order valence-corrected chi connectivity index (χ0v) is 14.0. The maximum Gasteiger partial charge on any atom is 0.223 e. The van der Waals surface area contributed by atoms with Crippen molar-refractivity contribution in [3.63, 3.8) is 0 Å². The van der Waals surface area contributed by atoms with Crippen molar-refractivity contribution < 1.29 is 4.79 Å². The van der Waals surface area contributed by atoms with Gasteiger partial charge in [-0.15, -0.1) is 0 Å². The van der Waals surface area contributed by atoms with Gasteiger partial charge in [0, 0.05) is 49.7 Å². The van der Waals surface area contributed by atoms with Crippen LogP contribution in [0.1, 0.15) is 17.0 Å². The predicted molar refractivity (Wildman–Crippen MR) is 87.9 cm³/mol. The number of likely N-dealkylation sites (N-methyl/N-ethyl adjacent to an activating group) is 1. The molecule has 1 unspecified atom stereocenters. The van der Waals surface area contributed by atoms with E-state index < -0.39 is 0 Å². The molecule has 7 nitrogen and oxygen atoms in total. The molecule has 124 valence electrons. The third kappa shape index (κ3) is 3.35. The number of nitrogens with two attached hydrogens (primary N) is 1. The molecule has 0 aromatic carbocycles. The second-order valence-corrected chi connectivity index (χ2v) is 6.54. The van der Waals surface area contributed by atoms with Crippen LogP contribution >= 0.6 is 0 Å². The van der Waals surface area contributed by atoms with Crippen LogP contribution in [0.25, 0.3) is 5.65 Å². The molecule has 2 aromatic rings. The average molecular weight is 316 g/mol. The van der Waals surface area contributed by atoms with Crippen LogP contribution in [-0.2, 0) is 11.3 Å². The highest BCUT2D eigenvalue weighted by Gasteiger charge is 2.25. The van der Waals surface area contributed by atoms with E-state index in [2.05, 4.69) is 19.9 Å². The fourth-order valence-electron chi connectivity index (χ4n) is 3.23. The summed E-state index contributed by atoms with van der Waals surface area (Å²) in [5.74, 6) is -0.366. The van der Waals surface area contributed by atoms with Crippen LogP contribution in [0.2, 0.25) is 0 Å². The van der Waals surface area contributed by atoms with Crippen LogP contribution in [0.3, 0.4) is 0 Å². The SMILES string of the molecule is Cc1cc(C)n2ncc(CN3CCN(C)CC(C(N)=O)C3)c2n1. The Balaban J connectivity index is 1.85. The number of carbonyl (C=O) groups is 1. The van der Waals surface area contributed by atoms with Crippen molar-refractivity contribution >= 4 is 11.6 Å². The summed E-state index contributed by atoms with van der Waals surface area (Å²) in [5, 5.41) is 4.44. The number of hydrogen-bond donors (Lipinski definition) is 1. The molecule has 2 aromatic heterocycles. The van der Waals surface area contributed by atoms with E-state index in [9.17, 15) is 4.79 Å². The first kappa shape index (κ1) is 15.9. The number of primary amides is 1. The van der Waals surface area contributed by atoms with Gasteiger partial charge >= 0.3 is 0 Å². The van der Waals surface area contributed by atoms with E-state index >= 15 is 0 Å². The maximum absolute atomic E-state index is 11.6. The topological polar surface area (TPSA) is 79.8 Å². The summed E-state index contributed by atoms with van der Waals surface area (Å²) in [6.45, 7) is 7.99. The van der Waals surface area contributed by atoms with Crippen molar-refractivity contribution in [1.82, 2.24) is 24.4 Å². The Labute approximate surface area is 136 Å². The number of aromatic nitrogens is 3. The third-order valence-corrected chi connectivity index (χ3v) is 4.46. The first-order valence-electron chi connectivity index (χ1n) is 7.95. The fourth-order valence-corrected chi connectivity index (χ4v) is 3.23. The molecule has 1 saturated heterocycles. The lowest BCUT2D eigenvalue weighted by Crippen LogP contribution is -2.37. The summed E-state index contributed by atoms with van der Waals surface area (Å²) >= 11 is 0. The van der Waals surface area contributed by atoms with Crippen LogP contribution in [0.15, 0.2) is 12.3 Å². The number of carbonyl (C=O) groups excluding carboxylic acids is 1. The van der Waals surface area contributed by atoms with E-state index in [1.807, 2.05) is 37.7 Å². The minimum atomic E-state index is -0.228. The van der Waals surface area contributed by atoms with Gasteiger partial charge in [0.2, 0.25) is 5.91 Å². The molecule has 0 radical (unpaired) electrons. The summed E-state index contributed by atoms with van der Waals surface area (Å²) in [6.07, 6.45) is 1.88. The van der Waals surface area contributed by atoms with Crippen LogP contribution in [0.4, 0.5) is 0 Å². The van der Waals surface area contributed by atoms with E-state index in [0.29, 0.717) is 6.54 Å². The molecule has 7 heteroatoms. The molecular formula is C16H24N6O. The van der Waals surface area contributed by atoms with Crippen LogP contribution < -0.4 is 5.73 Å². The second kappa shape index (κ2) is 6.25. The first-order chi connectivity index (χ1) is 10.9. The number of fused-ring (bicyclic) bond motifs is 1. The van der Waals surface area contributed by atoms with E-state index in [-0.39, 0.29) is 11.8 Å². The van der Waals surface area contributed by atoms with Gasteiger partial charge in [0.25, 0.3) is 0 Å². The normalized spacial score (nSPS) is 20.7. The zero-order valence-electron chi connectivity index (χ0n) is 14.0.